The Labute approximate surface area is 84.0 Å². The first-order valence-electron chi connectivity index (χ1n) is 5.14. The van der Waals surface area contributed by atoms with E-state index >= 15 is 0 Å². The van der Waals surface area contributed by atoms with Gasteiger partial charge in [0.1, 0.15) is 5.52 Å². The maximum atomic E-state index is 5.63. The molecular weight excluding hydrogens is 174 g/mol. The van der Waals surface area contributed by atoms with Crippen molar-refractivity contribution >= 4 is 11.1 Å². The van der Waals surface area contributed by atoms with Gasteiger partial charge in [0.05, 0.1) is 0 Å². The van der Waals surface area contributed by atoms with Crippen LogP contribution in [0.15, 0.2) is 28.7 Å². The molecule has 1 aromatic carbocycles. The predicted molar refractivity (Wildman–Crippen MR) is 57.2 cm³/mol. The van der Waals surface area contributed by atoms with Gasteiger partial charge >= 0.3 is 0 Å². The lowest BCUT2D eigenvalue weighted by atomic mass is 10.1. The first-order chi connectivity index (χ1) is 6.79. The first-order valence-corrected chi connectivity index (χ1v) is 5.14. The number of aromatic nitrogens is 1. The molecule has 2 rings (SSSR count). The molecule has 0 aliphatic rings. The second kappa shape index (κ2) is 3.82. The minimum atomic E-state index is 0.642. The summed E-state index contributed by atoms with van der Waals surface area (Å²) in [6.07, 6.45) is 2.10. The summed E-state index contributed by atoms with van der Waals surface area (Å²) in [6.45, 7) is 4.40. The smallest absolute Gasteiger partial charge is 0.195 e. The van der Waals surface area contributed by atoms with Crippen LogP contribution in [0.3, 0.4) is 0 Å². The molecule has 0 bridgehead atoms. The Kier molecular flexibility index (Phi) is 2.53. The Morgan fingerprint density at radius 3 is 2.86 bits per heavy atom. The summed E-state index contributed by atoms with van der Waals surface area (Å²) in [6, 6.07) is 7.90. The molecule has 2 heteroatoms. The standard InChI is InChI=1S/C12H15NO/c1-3-9(2)8-12-13-10-6-4-5-7-11(10)14-12/h4-7,9H,3,8H2,1-2H3. The van der Waals surface area contributed by atoms with Gasteiger partial charge in [0, 0.05) is 6.42 Å². The van der Waals surface area contributed by atoms with Crippen LogP contribution in [-0.4, -0.2) is 4.98 Å². The summed E-state index contributed by atoms with van der Waals surface area (Å²) in [4.78, 5) is 4.43. The van der Waals surface area contributed by atoms with Gasteiger partial charge in [0.15, 0.2) is 11.5 Å². The third-order valence-corrected chi connectivity index (χ3v) is 2.56. The van der Waals surface area contributed by atoms with Crippen LogP contribution in [-0.2, 0) is 6.42 Å². The molecule has 0 saturated carbocycles. The number of fused-ring (bicyclic) bond motifs is 1. The van der Waals surface area contributed by atoms with Gasteiger partial charge in [0.25, 0.3) is 0 Å². The van der Waals surface area contributed by atoms with Crippen LogP contribution >= 0.6 is 0 Å². The van der Waals surface area contributed by atoms with Crippen molar-refractivity contribution in [2.75, 3.05) is 0 Å². The summed E-state index contributed by atoms with van der Waals surface area (Å²) in [5.74, 6) is 1.50. The number of hydrogen-bond donors (Lipinski definition) is 0. The molecule has 74 valence electrons. The Morgan fingerprint density at radius 2 is 2.14 bits per heavy atom. The summed E-state index contributed by atoms with van der Waals surface area (Å²) in [7, 11) is 0. The Morgan fingerprint density at radius 1 is 1.36 bits per heavy atom. The molecule has 1 unspecified atom stereocenters. The van der Waals surface area contributed by atoms with Gasteiger partial charge in [-0.15, -0.1) is 0 Å². The maximum Gasteiger partial charge on any atom is 0.195 e. The number of para-hydroxylation sites is 2. The lowest BCUT2D eigenvalue weighted by Crippen LogP contribution is -1.97. The number of hydrogen-bond acceptors (Lipinski definition) is 2. The Hall–Kier alpha value is -1.31. The van der Waals surface area contributed by atoms with Crippen LogP contribution in [0, 0.1) is 5.92 Å². The monoisotopic (exact) mass is 189 g/mol. The van der Waals surface area contributed by atoms with Crippen LogP contribution < -0.4 is 0 Å². The lowest BCUT2D eigenvalue weighted by molar-refractivity contribution is 0.455. The number of benzene rings is 1. The van der Waals surface area contributed by atoms with E-state index in [1.54, 1.807) is 0 Å². The summed E-state index contributed by atoms with van der Waals surface area (Å²) in [5.41, 5.74) is 1.86. The average Bonchev–Trinajstić information content (AvgIpc) is 2.59. The van der Waals surface area contributed by atoms with Gasteiger partial charge in [-0.25, -0.2) is 4.98 Å². The SMILES string of the molecule is CCC(C)Cc1nc2ccccc2o1. The van der Waals surface area contributed by atoms with Crippen LogP contribution in [0.5, 0.6) is 0 Å². The van der Waals surface area contributed by atoms with Crippen LogP contribution in [0.1, 0.15) is 26.2 Å². The van der Waals surface area contributed by atoms with Gasteiger partial charge in [-0.2, -0.15) is 0 Å². The molecule has 2 nitrogen and oxygen atoms in total. The summed E-state index contributed by atoms with van der Waals surface area (Å²) in [5, 5.41) is 0. The fourth-order valence-corrected chi connectivity index (χ4v) is 1.45. The minimum absolute atomic E-state index is 0.642. The minimum Gasteiger partial charge on any atom is -0.441 e. The first kappa shape index (κ1) is 9.25. The zero-order valence-electron chi connectivity index (χ0n) is 8.66. The Balaban J connectivity index is 2.27. The third kappa shape index (κ3) is 1.79. The summed E-state index contributed by atoms with van der Waals surface area (Å²) >= 11 is 0. The van der Waals surface area contributed by atoms with Crippen molar-refractivity contribution in [3.05, 3.63) is 30.2 Å². The molecule has 0 N–H and O–H groups in total. The highest BCUT2D eigenvalue weighted by molar-refractivity contribution is 5.72. The molecule has 0 fully saturated rings. The van der Waals surface area contributed by atoms with Crippen molar-refractivity contribution in [3.8, 4) is 0 Å². The molecular formula is C12H15NO. The van der Waals surface area contributed by atoms with Crippen molar-refractivity contribution in [2.24, 2.45) is 5.92 Å². The van der Waals surface area contributed by atoms with Crippen LogP contribution in [0.4, 0.5) is 0 Å². The molecule has 1 heterocycles. The van der Waals surface area contributed by atoms with Crippen molar-refractivity contribution < 1.29 is 4.42 Å². The molecule has 0 aliphatic carbocycles. The van der Waals surface area contributed by atoms with E-state index in [0.717, 1.165) is 23.4 Å². The molecule has 0 spiro atoms. The van der Waals surface area contributed by atoms with Gasteiger partial charge in [-0.1, -0.05) is 32.4 Å². The predicted octanol–water partition coefficient (Wildman–Crippen LogP) is 3.42. The summed E-state index contributed by atoms with van der Waals surface area (Å²) < 4.78 is 5.63. The zero-order valence-corrected chi connectivity index (χ0v) is 8.66. The van der Waals surface area contributed by atoms with Crippen LogP contribution in [0.25, 0.3) is 11.1 Å². The van der Waals surface area contributed by atoms with E-state index in [4.69, 9.17) is 4.42 Å². The van der Waals surface area contributed by atoms with Gasteiger partial charge < -0.3 is 4.42 Å². The second-order valence-corrected chi connectivity index (χ2v) is 3.79. The number of nitrogens with zero attached hydrogens (tertiary/aromatic N) is 1. The van der Waals surface area contributed by atoms with Gasteiger partial charge in [0.2, 0.25) is 0 Å². The van der Waals surface area contributed by atoms with E-state index < -0.39 is 0 Å². The van der Waals surface area contributed by atoms with Gasteiger partial charge in [-0.05, 0) is 18.1 Å². The molecule has 2 aromatic rings. The average molecular weight is 189 g/mol. The van der Waals surface area contributed by atoms with E-state index in [1.165, 1.54) is 6.42 Å². The van der Waals surface area contributed by atoms with Crippen molar-refractivity contribution in [1.29, 1.82) is 0 Å². The van der Waals surface area contributed by atoms with E-state index in [0.29, 0.717) is 5.92 Å². The normalized spacial score (nSPS) is 13.3. The quantitative estimate of drug-likeness (QED) is 0.739. The molecule has 0 aliphatic heterocycles. The van der Waals surface area contributed by atoms with Crippen molar-refractivity contribution in [1.82, 2.24) is 4.98 Å². The van der Waals surface area contributed by atoms with Crippen molar-refractivity contribution in [3.63, 3.8) is 0 Å². The van der Waals surface area contributed by atoms with Gasteiger partial charge in [-0.3, -0.25) is 0 Å². The van der Waals surface area contributed by atoms with E-state index in [-0.39, 0.29) is 0 Å². The molecule has 14 heavy (non-hydrogen) atoms. The number of rotatable bonds is 3. The van der Waals surface area contributed by atoms with Crippen LogP contribution in [0.2, 0.25) is 0 Å². The number of oxazole rings is 1. The maximum absolute atomic E-state index is 5.63. The fraction of sp³-hybridized carbons (Fsp3) is 0.417. The highest BCUT2D eigenvalue weighted by Gasteiger charge is 2.07. The highest BCUT2D eigenvalue weighted by atomic mass is 16.3. The molecule has 0 radical (unpaired) electrons. The highest BCUT2D eigenvalue weighted by Crippen LogP contribution is 2.17. The fourth-order valence-electron chi connectivity index (χ4n) is 1.45. The second-order valence-electron chi connectivity index (χ2n) is 3.79. The Bertz CT molecular complexity index is 386. The molecule has 0 saturated heterocycles. The molecule has 0 amide bonds. The molecule has 1 atom stereocenters. The van der Waals surface area contributed by atoms with E-state index in [1.807, 2.05) is 24.3 Å². The zero-order chi connectivity index (χ0) is 9.97. The van der Waals surface area contributed by atoms with E-state index in [2.05, 4.69) is 18.8 Å². The largest absolute Gasteiger partial charge is 0.441 e. The third-order valence-electron chi connectivity index (χ3n) is 2.56. The van der Waals surface area contributed by atoms with E-state index in [9.17, 15) is 0 Å². The topological polar surface area (TPSA) is 26.0 Å². The van der Waals surface area contributed by atoms with Crippen molar-refractivity contribution in [2.45, 2.75) is 26.7 Å². The molecule has 1 aromatic heterocycles. The lowest BCUT2D eigenvalue weighted by Gasteiger charge is -2.02.